The standard InChI is InChI=1S/C14H20N2O2/c1-2-6-16(12-9-15-10-12)14(18)8-11-4-3-5-13(17)7-11/h3-5,7,12,15,17H,2,6,8-10H2,1H3. The van der Waals surface area contributed by atoms with Crippen LogP contribution in [0.5, 0.6) is 5.75 Å². The highest BCUT2D eigenvalue weighted by Gasteiger charge is 2.27. The van der Waals surface area contributed by atoms with E-state index in [1.807, 2.05) is 11.0 Å². The van der Waals surface area contributed by atoms with Crippen LogP contribution in [0.3, 0.4) is 0 Å². The van der Waals surface area contributed by atoms with E-state index in [2.05, 4.69) is 12.2 Å². The van der Waals surface area contributed by atoms with Crippen molar-refractivity contribution < 1.29 is 9.90 Å². The monoisotopic (exact) mass is 248 g/mol. The van der Waals surface area contributed by atoms with Gasteiger partial charge in [-0.15, -0.1) is 0 Å². The van der Waals surface area contributed by atoms with Gasteiger partial charge in [0, 0.05) is 19.6 Å². The van der Waals surface area contributed by atoms with Gasteiger partial charge in [0.05, 0.1) is 12.5 Å². The molecule has 1 fully saturated rings. The van der Waals surface area contributed by atoms with Gasteiger partial charge in [0.25, 0.3) is 0 Å². The van der Waals surface area contributed by atoms with E-state index in [9.17, 15) is 9.90 Å². The number of rotatable bonds is 5. The molecule has 0 spiro atoms. The molecule has 4 nitrogen and oxygen atoms in total. The molecule has 1 heterocycles. The summed E-state index contributed by atoms with van der Waals surface area (Å²) in [6.07, 6.45) is 1.34. The number of benzene rings is 1. The van der Waals surface area contributed by atoms with E-state index in [-0.39, 0.29) is 11.7 Å². The SMILES string of the molecule is CCCN(C(=O)Cc1cccc(O)c1)C1CNC1. The highest BCUT2D eigenvalue weighted by atomic mass is 16.3. The number of nitrogens with zero attached hydrogens (tertiary/aromatic N) is 1. The molecule has 0 unspecified atom stereocenters. The Labute approximate surface area is 108 Å². The Morgan fingerprint density at radius 2 is 2.28 bits per heavy atom. The number of amides is 1. The Morgan fingerprint density at radius 1 is 1.50 bits per heavy atom. The number of carbonyl (C=O) groups excluding carboxylic acids is 1. The normalized spacial score (nSPS) is 15.2. The number of phenols is 1. The topological polar surface area (TPSA) is 52.6 Å². The molecule has 0 aromatic heterocycles. The van der Waals surface area contributed by atoms with Crippen molar-refractivity contribution >= 4 is 5.91 Å². The van der Waals surface area contributed by atoms with Crippen LogP contribution in [0, 0.1) is 0 Å². The molecule has 2 rings (SSSR count). The van der Waals surface area contributed by atoms with Crippen LogP contribution in [0.1, 0.15) is 18.9 Å². The van der Waals surface area contributed by atoms with E-state index in [1.165, 1.54) is 0 Å². The minimum Gasteiger partial charge on any atom is -0.508 e. The van der Waals surface area contributed by atoms with Crippen molar-refractivity contribution in [2.24, 2.45) is 0 Å². The van der Waals surface area contributed by atoms with Gasteiger partial charge in [-0.3, -0.25) is 4.79 Å². The summed E-state index contributed by atoms with van der Waals surface area (Å²) in [5.74, 6) is 0.363. The molecule has 0 radical (unpaired) electrons. The molecular weight excluding hydrogens is 228 g/mol. The maximum atomic E-state index is 12.3. The zero-order valence-electron chi connectivity index (χ0n) is 10.7. The Bertz CT molecular complexity index is 416. The molecule has 0 bridgehead atoms. The van der Waals surface area contributed by atoms with Gasteiger partial charge in [-0.25, -0.2) is 0 Å². The van der Waals surface area contributed by atoms with E-state index in [4.69, 9.17) is 0 Å². The predicted molar refractivity (Wildman–Crippen MR) is 70.5 cm³/mol. The summed E-state index contributed by atoms with van der Waals surface area (Å²) in [6.45, 7) is 4.68. The summed E-state index contributed by atoms with van der Waals surface area (Å²) >= 11 is 0. The molecule has 1 saturated heterocycles. The number of phenolic OH excluding ortho intramolecular Hbond substituents is 1. The Kier molecular flexibility index (Phi) is 4.20. The summed E-state index contributed by atoms with van der Waals surface area (Å²) < 4.78 is 0. The molecule has 0 aliphatic carbocycles. The third kappa shape index (κ3) is 3.01. The first-order chi connectivity index (χ1) is 8.70. The number of hydrogen-bond acceptors (Lipinski definition) is 3. The molecule has 1 aliphatic heterocycles. The zero-order valence-corrected chi connectivity index (χ0v) is 10.7. The summed E-state index contributed by atoms with van der Waals surface area (Å²) in [4.78, 5) is 14.2. The molecule has 4 heteroatoms. The third-order valence-corrected chi connectivity index (χ3v) is 3.25. The minimum atomic E-state index is 0.147. The van der Waals surface area contributed by atoms with E-state index in [0.29, 0.717) is 12.5 Å². The average molecular weight is 248 g/mol. The second-order valence-corrected chi connectivity index (χ2v) is 4.75. The van der Waals surface area contributed by atoms with Gasteiger partial charge in [0.1, 0.15) is 5.75 Å². The fourth-order valence-corrected chi connectivity index (χ4v) is 2.19. The molecule has 1 amide bonds. The van der Waals surface area contributed by atoms with E-state index in [0.717, 1.165) is 31.6 Å². The predicted octanol–water partition coefficient (Wildman–Crippen LogP) is 1.15. The van der Waals surface area contributed by atoms with Crippen LogP contribution < -0.4 is 5.32 Å². The maximum Gasteiger partial charge on any atom is 0.227 e. The van der Waals surface area contributed by atoms with Crippen LogP contribution >= 0.6 is 0 Å². The Balaban J connectivity index is 2.00. The van der Waals surface area contributed by atoms with Crippen LogP contribution in [-0.4, -0.2) is 41.6 Å². The van der Waals surface area contributed by atoms with Crippen LogP contribution in [0.2, 0.25) is 0 Å². The molecule has 98 valence electrons. The van der Waals surface area contributed by atoms with Crippen molar-refractivity contribution in [2.45, 2.75) is 25.8 Å². The Morgan fingerprint density at radius 3 is 2.83 bits per heavy atom. The molecule has 1 aromatic carbocycles. The molecular formula is C14H20N2O2. The molecule has 0 atom stereocenters. The largest absolute Gasteiger partial charge is 0.508 e. The summed E-state index contributed by atoms with van der Waals surface area (Å²) in [5.41, 5.74) is 0.869. The van der Waals surface area contributed by atoms with Gasteiger partial charge in [0.15, 0.2) is 0 Å². The van der Waals surface area contributed by atoms with Gasteiger partial charge in [-0.05, 0) is 24.1 Å². The number of aromatic hydroxyl groups is 1. The molecule has 1 aromatic rings. The lowest BCUT2D eigenvalue weighted by atomic mass is 10.1. The minimum absolute atomic E-state index is 0.147. The fraction of sp³-hybridized carbons (Fsp3) is 0.500. The van der Waals surface area contributed by atoms with E-state index in [1.54, 1.807) is 18.2 Å². The lowest BCUT2D eigenvalue weighted by Gasteiger charge is -2.38. The number of carbonyl (C=O) groups is 1. The summed E-state index contributed by atoms with van der Waals surface area (Å²) in [6, 6.07) is 7.26. The smallest absolute Gasteiger partial charge is 0.227 e. The molecule has 1 aliphatic rings. The first-order valence-electron chi connectivity index (χ1n) is 6.48. The second kappa shape index (κ2) is 5.87. The maximum absolute atomic E-state index is 12.3. The average Bonchev–Trinajstić information content (AvgIpc) is 2.26. The van der Waals surface area contributed by atoms with E-state index >= 15 is 0 Å². The van der Waals surface area contributed by atoms with Crippen molar-refractivity contribution in [3.63, 3.8) is 0 Å². The van der Waals surface area contributed by atoms with Crippen molar-refractivity contribution in [2.75, 3.05) is 19.6 Å². The Hall–Kier alpha value is -1.55. The van der Waals surface area contributed by atoms with Gasteiger partial charge >= 0.3 is 0 Å². The lowest BCUT2D eigenvalue weighted by Crippen LogP contribution is -2.59. The van der Waals surface area contributed by atoms with Crippen LogP contribution in [-0.2, 0) is 11.2 Å². The fourth-order valence-electron chi connectivity index (χ4n) is 2.19. The van der Waals surface area contributed by atoms with Gasteiger partial charge in [0.2, 0.25) is 5.91 Å². The highest BCUT2D eigenvalue weighted by molar-refractivity contribution is 5.79. The third-order valence-electron chi connectivity index (χ3n) is 3.25. The van der Waals surface area contributed by atoms with Gasteiger partial charge in [-0.2, -0.15) is 0 Å². The molecule has 2 N–H and O–H groups in total. The second-order valence-electron chi connectivity index (χ2n) is 4.75. The van der Waals surface area contributed by atoms with Gasteiger partial charge in [-0.1, -0.05) is 19.1 Å². The molecule has 18 heavy (non-hydrogen) atoms. The van der Waals surface area contributed by atoms with E-state index < -0.39 is 0 Å². The number of nitrogens with one attached hydrogen (secondary N) is 1. The van der Waals surface area contributed by atoms with Crippen molar-refractivity contribution in [3.8, 4) is 5.75 Å². The van der Waals surface area contributed by atoms with Crippen molar-refractivity contribution in [1.82, 2.24) is 10.2 Å². The molecule has 0 saturated carbocycles. The summed E-state index contributed by atoms with van der Waals surface area (Å²) in [5, 5.41) is 12.6. The van der Waals surface area contributed by atoms with Crippen molar-refractivity contribution in [1.29, 1.82) is 0 Å². The lowest BCUT2D eigenvalue weighted by molar-refractivity contribution is -0.133. The van der Waals surface area contributed by atoms with Gasteiger partial charge < -0.3 is 15.3 Å². The van der Waals surface area contributed by atoms with Crippen LogP contribution in [0.25, 0.3) is 0 Å². The summed E-state index contributed by atoms with van der Waals surface area (Å²) in [7, 11) is 0. The first-order valence-corrected chi connectivity index (χ1v) is 6.48. The zero-order chi connectivity index (χ0) is 13.0. The first kappa shape index (κ1) is 12.9. The van der Waals surface area contributed by atoms with Crippen LogP contribution in [0.15, 0.2) is 24.3 Å². The number of hydrogen-bond donors (Lipinski definition) is 2. The van der Waals surface area contributed by atoms with Crippen LogP contribution in [0.4, 0.5) is 0 Å². The quantitative estimate of drug-likeness (QED) is 0.821. The highest BCUT2D eigenvalue weighted by Crippen LogP contribution is 2.14. The van der Waals surface area contributed by atoms with Crippen molar-refractivity contribution in [3.05, 3.63) is 29.8 Å².